The molecule has 0 bridgehead atoms. The smallest absolute Gasteiger partial charge is 0.379 e. The van der Waals surface area contributed by atoms with E-state index in [4.69, 9.17) is 5.26 Å². The number of aliphatic hydroxyl groups is 1. The van der Waals surface area contributed by atoms with Crippen LogP contribution in [0.15, 0.2) is 66.7 Å². The monoisotopic (exact) mass is 497 g/mol. The molecule has 0 spiro atoms. The third kappa shape index (κ3) is 5.56. The average molecular weight is 497 g/mol. The molecular formula is C27H23F4N3O2. The Bertz CT molecular complexity index is 1290. The van der Waals surface area contributed by atoms with Gasteiger partial charge in [0.05, 0.1) is 17.2 Å². The van der Waals surface area contributed by atoms with Crippen LogP contribution in [-0.4, -0.2) is 41.1 Å². The zero-order valence-electron chi connectivity index (χ0n) is 19.3. The summed E-state index contributed by atoms with van der Waals surface area (Å²) in [4.78, 5) is 14.5. The third-order valence-electron chi connectivity index (χ3n) is 6.24. The Balaban J connectivity index is 1.34. The Kier molecular flexibility index (Phi) is 6.85. The van der Waals surface area contributed by atoms with Crippen LogP contribution in [0.3, 0.4) is 0 Å². The summed E-state index contributed by atoms with van der Waals surface area (Å²) < 4.78 is 52.7. The quantitative estimate of drug-likeness (QED) is 0.461. The maximum absolute atomic E-state index is 13.2. The van der Waals surface area contributed by atoms with Crippen LogP contribution in [0.4, 0.5) is 23.2 Å². The van der Waals surface area contributed by atoms with Crippen LogP contribution in [0, 0.1) is 17.1 Å². The van der Waals surface area contributed by atoms with Gasteiger partial charge in [-0.05, 0) is 53.9 Å². The van der Waals surface area contributed by atoms with E-state index in [0.29, 0.717) is 19.2 Å². The first kappa shape index (κ1) is 25.4. The fourth-order valence-corrected chi connectivity index (χ4v) is 4.23. The van der Waals surface area contributed by atoms with Crippen molar-refractivity contribution >= 4 is 11.6 Å². The average Bonchev–Trinajstić information content (AvgIpc) is 2.81. The second-order valence-electron chi connectivity index (χ2n) is 9.12. The van der Waals surface area contributed by atoms with E-state index in [2.05, 4.69) is 5.32 Å². The number of halogens is 4. The summed E-state index contributed by atoms with van der Waals surface area (Å²) in [6, 6.07) is 18.5. The van der Waals surface area contributed by atoms with Crippen LogP contribution in [0.1, 0.15) is 29.5 Å². The molecule has 1 fully saturated rings. The van der Waals surface area contributed by atoms with Crippen LogP contribution in [0.25, 0.3) is 11.1 Å². The first-order valence-corrected chi connectivity index (χ1v) is 11.2. The minimum absolute atomic E-state index is 0.00536. The molecule has 1 atom stereocenters. The first-order valence-electron chi connectivity index (χ1n) is 11.2. The van der Waals surface area contributed by atoms with E-state index < -0.39 is 28.8 Å². The summed E-state index contributed by atoms with van der Waals surface area (Å²) in [7, 11) is 0. The van der Waals surface area contributed by atoms with Crippen LogP contribution in [0.2, 0.25) is 0 Å². The van der Waals surface area contributed by atoms with E-state index in [1.807, 2.05) is 29.2 Å². The maximum atomic E-state index is 13.2. The highest BCUT2D eigenvalue weighted by molar-refractivity contribution is 5.97. The first-order chi connectivity index (χ1) is 17.0. The number of amides is 1. The van der Waals surface area contributed by atoms with Crippen LogP contribution >= 0.6 is 0 Å². The topological polar surface area (TPSA) is 76.4 Å². The summed E-state index contributed by atoms with van der Waals surface area (Å²) in [5.41, 5.74) is -0.740. The summed E-state index contributed by atoms with van der Waals surface area (Å²) in [6.45, 7) is 2.52. The second kappa shape index (κ2) is 9.72. The number of benzene rings is 3. The van der Waals surface area contributed by atoms with E-state index in [-0.39, 0.29) is 24.0 Å². The van der Waals surface area contributed by atoms with Crippen molar-refractivity contribution in [2.45, 2.75) is 24.6 Å². The molecule has 0 saturated carbocycles. The molecule has 1 aliphatic heterocycles. The molecule has 0 aromatic heterocycles. The van der Waals surface area contributed by atoms with Gasteiger partial charge in [-0.1, -0.05) is 36.4 Å². The molecule has 1 aliphatic rings. The Labute approximate surface area is 205 Å². The summed E-state index contributed by atoms with van der Waals surface area (Å²) in [5, 5.41) is 21.9. The molecule has 0 unspecified atom stereocenters. The molecular weight excluding hydrogens is 474 g/mol. The van der Waals surface area contributed by atoms with Gasteiger partial charge >= 0.3 is 6.18 Å². The zero-order valence-corrected chi connectivity index (χ0v) is 19.3. The molecule has 1 heterocycles. The molecule has 1 amide bonds. The van der Waals surface area contributed by atoms with Gasteiger partial charge in [-0.25, -0.2) is 4.39 Å². The van der Waals surface area contributed by atoms with Gasteiger partial charge < -0.3 is 10.4 Å². The number of likely N-dealkylation sites (tertiary alicyclic amines) is 1. The van der Waals surface area contributed by atoms with Gasteiger partial charge in [-0.15, -0.1) is 0 Å². The maximum Gasteiger partial charge on any atom is 0.417 e. The molecule has 9 heteroatoms. The number of β-amino-alcohol motifs (C(OH)–C–C–N with tert-alkyl or cyclic N) is 1. The lowest BCUT2D eigenvalue weighted by Crippen LogP contribution is -2.55. The molecule has 3 aromatic rings. The number of carbonyl (C=O) groups is 1. The highest BCUT2D eigenvalue weighted by atomic mass is 19.4. The van der Waals surface area contributed by atoms with Gasteiger partial charge in [-0.3, -0.25) is 9.69 Å². The SMILES string of the molecule is C[C@](O)(CN1CC(c2ccc(-c3ccc(F)cc3)cc2)C1)C(=O)Nc1ccc(C#N)c(C(F)(F)F)c1. The van der Waals surface area contributed by atoms with Gasteiger partial charge in [0.15, 0.2) is 5.60 Å². The summed E-state index contributed by atoms with van der Waals surface area (Å²) in [5.74, 6) is -0.927. The van der Waals surface area contributed by atoms with Crippen LogP contribution in [-0.2, 0) is 11.0 Å². The minimum Gasteiger partial charge on any atom is -0.379 e. The number of hydrogen-bond acceptors (Lipinski definition) is 4. The fraction of sp³-hybridized carbons (Fsp3) is 0.259. The molecule has 3 aromatic carbocycles. The van der Waals surface area contributed by atoms with E-state index in [1.165, 1.54) is 31.2 Å². The lowest BCUT2D eigenvalue weighted by molar-refractivity contribution is -0.138. The highest BCUT2D eigenvalue weighted by Crippen LogP contribution is 2.34. The van der Waals surface area contributed by atoms with Crippen molar-refractivity contribution in [1.82, 2.24) is 4.90 Å². The number of nitrogens with zero attached hydrogens (tertiary/aromatic N) is 2. The van der Waals surface area contributed by atoms with E-state index in [1.54, 1.807) is 12.1 Å². The predicted octanol–water partition coefficient (Wildman–Crippen LogP) is 5.17. The Hall–Kier alpha value is -3.74. The minimum atomic E-state index is -4.75. The zero-order chi connectivity index (χ0) is 26.1. The van der Waals surface area contributed by atoms with E-state index >= 15 is 0 Å². The number of alkyl halides is 3. The predicted molar refractivity (Wildman–Crippen MR) is 126 cm³/mol. The molecule has 2 N–H and O–H groups in total. The largest absolute Gasteiger partial charge is 0.417 e. The van der Waals surface area contributed by atoms with Crippen molar-refractivity contribution in [3.05, 3.63) is 89.2 Å². The number of anilines is 1. The third-order valence-corrected chi connectivity index (χ3v) is 6.24. The van der Waals surface area contributed by atoms with Crippen LogP contribution < -0.4 is 5.32 Å². The lowest BCUT2D eigenvalue weighted by atomic mass is 9.89. The van der Waals surface area contributed by atoms with Crippen molar-refractivity contribution in [3.8, 4) is 17.2 Å². The standard InChI is InChI=1S/C27H23F4N3O2/c1-26(36,25(35)33-23-11-8-20(13-32)24(12-23)27(29,30)31)16-34-14-21(15-34)19-4-2-17(3-5-19)18-6-9-22(28)10-7-18/h2-12,21,36H,14-16H2,1H3,(H,33,35)/t26-/m0/s1. The Morgan fingerprint density at radius 2 is 1.64 bits per heavy atom. The highest BCUT2D eigenvalue weighted by Gasteiger charge is 2.38. The number of carbonyl (C=O) groups excluding carboxylic acids is 1. The number of nitriles is 1. The van der Waals surface area contributed by atoms with E-state index in [9.17, 15) is 27.5 Å². The molecule has 36 heavy (non-hydrogen) atoms. The number of rotatable bonds is 6. The molecule has 4 rings (SSSR count). The second-order valence-corrected chi connectivity index (χ2v) is 9.12. The van der Waals surface area contributed by atoms with Crippen molar-refractivity contribution in [2.75, 3.05) is 25.0 Å². The van der Waals surface area contributed by atoms with E-state index in [0.717, 1.165) is 22.8 Å². The van der Waals surface area contributed by atoms with Crippen molar-refractivity contribution in [3.63, 3.8) is 0 Å². The molecule has 5 nitrogen and oxygen atoms in total. The van der Waals surface area contributed by atoms with Gasteiger partial charge in [-0.2, -0.15) is 18.4 Å². The number of nitrogens with one attached hydrogen (secondary N) is 1. The molecule has 186 valence electrons. The molecule has 0 radical (unpaired) electrons. The normalized spacial score (nSPS) is 16.0. The Morgan fingerprint density at radius 3 is 2.19 bits per heavy atom. The molecule has 0 aliphatic carbocycles. The van der Waals surface area contributed by atoms with Crippen molar-refractivity contribution in [1.29, 1.82) is 5.26 Å². The lowest BCUT2D eigenvalue weighted by Gasteiger charge is -2.42. The van der Waals surface area contributed by atoms with Crippen LogP contribution in [0.5, 0.6) is 0 Å². The number of hydrogen-bond donors (Lipinski definition) is 2. The van der Waals surface area contributed by atoms with Crippen molar-refractivity contribution < 1.29 is 27.5 Å². The summed E-state index contributed by atoms with van der Waals surface area (Å²) in [6.07, 6.45) is -4.75. The van der Waals surface area contributed by atoms with Gasteiger partial charge in [0, 0.05) is 31.2 Å². The summed E-state index contributed by atoms with van der Waals surface area (Å²) >= 11 is 0. The van der Waals surface area contributed by atoms with Gasteiger partial charge in [0.25, 0.3) is 5.91 Å². The van der Waals surface area contributed by atoms with Crippen molar-refractivity contribution in [2.24, 2.45) is 0 Å². The van der Waals surface area contributed by atoms with Gasteiger partial charge in [0.1, 0.15) is 5.82 Å². The molecule has 1 saturated heterocycles. The van der Waals surface area contributed by atoms with Gasteiger partial charge in [0.2, 0.25) is 0 Å². The Morgan fingerprint density at radius 1 is 1.06 bits per heavy atom. The fourth-order valence-electron chi connectivity index (χ4n) is 4.23.